The highest BCUT2D eigenvalue weighted by molar-refractivity contribution is 5.43. The fourth-order valence-electron chi connectivity index (χ4n) is 2.35. The number of methoxy groups -OCH3 is 2. The molecule has 0 amide bonds. The third kappa shape index (κ3) is 5.04. The Morgan fingerprint density at radius 2 is 1.80 bits per heavy atom. The summed E-state index contributed by atoms with van der Waals surface area (Å²) in [5.74, 6) is 2.36. The van der Waals surface area contributed by atoms with Gasteiger partial charge in [0.2, 0.25) is 0 Å². The molecule has 0 aliphatic carbocycles. The first-order valence-corrected chi connectivity index (χ1v) is 7.57. The van der Waals surface area contributed by atoms with E-state index in [4.69, 9.17) is 9.47 Å². The smallest absolute Gasteiger partial charge is 0.161 e. The van der Waals surface area contributed by atoms with Crippen LogP contribution in [0.1, 0.15) is 51.6 Å². The Kier molecular flexibility index (Phi) is 7.45. The van der Waals surface area contributed by atoms with E-state index in [1.807, 2.05) is 6.07 Å². The molecule has 1 aromatic carbocycles. The van der Waals surface area contributed by atoms with E-state index in [0.29, 0.717) is 6.04 Å². The quantitative estimate of drug-likeness (QED) is 0.688. The number of hydrogen-bond acceptors (Lipinski definition) is 3. The van der Waals surface area contributed by atoms with E-state index in [-0.39, 0.29) is 0 Å². The van der Waals surface area contributed by atoms with Crippen LogP contribution in [0, 0.1) is 5.92 Å². The van der Waals surface area contributed by atoms with Crippen LogP contribution >= 0.6 is 0 Å². The lowest BCUT2D eigenvalue weighted by molar-refractivity contribution is 0.353. The molecule has 1 aromatic rings. The van der Waals surface area contributed by atoms with Crippen molar-refractivity contribution in [1.29, 1.82) is 0 Å². The van der Waals surface area contributed by atoms with Gasteiger partial charge in [0, 0.05) is 6.04 Å². The van der Waals surface area contributed by atoms with Crippen LogP contribution in [0.25, 0.3) is 0 Å². The zero-order chi connectivity index (χ0) is 15.0. The second-order valence-corrected chi connectivity index (χ2v) is 5.57. The summed E-state index contributed by atoms with van der Waals surface area (Å²) in [6, 6.07) is 6.54. The van der Waals surface area contributed by atoms with E-state index >= 15 is 0 Å². The van der Waals surface area contributed by atoms with Crippen LogP contribution in [-0.2, 0) is 0 Å². The predicted octanol–water partition coefficient (Wildman–Crippen LogP) is 4.18. The fourth-order valence-corrected chi connectivity index (χ4v) is 2.35. The van der Waals surface area contributed by atoms with Crippen molar-refractivity contribution in [3.8, 4) is 11.5 Å². The van der Waals surface area contributed by atoms with Gasteiger partial charge in [0.05, 0.1) is 14.2 Å². The molecule has 0 aliphatic heterocycles. The maximum Gasteiger partial charge on any atom is 0.161 e. The normalized spacial score (nSPS) is 12.5. The van der Waals surface area contributed by atoms with Crippen LogP contribution in [0.5, 0.6) is 11.5 Å². The summed E-state index contributed by atoms with van der Waals surface area (Å²) < 4.78 is 10.7. The van der Waals surface area contributed by atoms with Gasteiger partial charge in [-0.25, -0.2) is 0 Å². The molecule has 3 nitrogen and oxygen atoms in total. The van der Waals surface area contributed by atoms with Crippen molar-refractivity contribution in [3.63, 3.8) is 0 Å². The zero-order valence-corrected chi connectivity index (χ0v) is 13.5. The van der Waals surface area contributed by atoms with Gasteiger partial charge < -0.3 is 14.8 Å². The van der Waals surface area contributed by atoms with Crippen molar-refractivity contribution >= 4 is 0 Å². The molecule has 0 aromatic heterocycles. The Morgan fingerprint density at radius 3 is 2.35 bits per heavy atom. The molecular weight excluding hydrogens is 250 g/mol. The molecule has 0 spiro atoms. The van der Waals surface area contributed by atoms with Crippen molar-refractivity contribution < 1.29 is 9.47 Å². The van der Waals surface area contributed by atoms with Crippen LogP contribution in [-0.4, -0.2) is 20.8 Å². The minimum absolute atomic E-state index is 0.377. The van der Waals surface area contributed by atoms with Gasteiger partial charge in [-0.15, -0.1) is 0 Å². The predicted molar refractivity (Wildman–Crippen MR) is 84.7 cm³/mol. The molecule has 0 bridgehead atoms. The molecule has 1 unspecified atom stereocenters. The van der Waals surface area contributed by atoms with Crippen molar-refractivity contribution in [2.45, 2.75) is 46.1 Å². The van der Waals surface area contributed by atoms with Crippen LogP contribution < -0.4 is 14.8 Å². The monoisotopic (exact) mass is 279 g/mol. The maximum absolute atomic E-state index is 5.38. The van der Waals surface area contributed by atoms with Gasteiger partial charge in [-0.05, 0) is 49.4 Å². The number of nitrogens with one attached hydrogen (secondary N) is 1. The van der Waals surface area contributed by atoms with Gasteiger partial charge in [0.15, 0.2) is 11.5 Å². The van der Waals surface area contributed by atoms with Crippen LogP contribution in [0.3, 0.4) is 0 Å². The minimum atomic E-state index is 0.377. The van der Waals surface area contributed by atoms with Gasteiger partial charge in [0.1, 0.15) is 0 Å². The van der Waals surface area contributed by atoms with Gasteiger partial charge in [-0.2, -0.15) is 0 Å². The minimum Gasteiger partial charge on any atom is -0.493 e. The largest absolute Gasteiger partial charge is 0.493 e. The Labute approximate surface area is 123 Å². The van der Waals surface area contributed by atoms with Gasteiger partial charge in [-0.3, -0.25) is 0 Å². The van der Waals surface area contributed by atoms with Crippen molar-refractivity contribution in [3.05, 3.63) is 23.8 Å². The first kappa shape index (κ1) is 16.8. The second kappa shape index (κ2) is 8.85. The van der Waals surface area contributed by atoms with Gasteiger partial charge in [0.25, 0.3) is 0 Å². The molecular formula is C17H29NO2. The van der Waals surface area contributed by atoms with E-state index in [0.717, 1.165) is 30.4 Å². The van der Waals surface area contributed by atoms with Crippen molar-refractivity contribution in [2.24, 2.45) is 5.92 Å². The highest BCUT2D eigenvalue weighted by Gasteiger charge is 2.12. The number of rotatable bonds is 9. The van der Waals surface area contributed by atoms with E-state index in [2.05, 4.69) is 38.2 Å². The van der Waals surface area contributed by atoms with Crippen LogP contribution in [0.4, 0.5) is 0 Å². The second-order valence-electron chi connectivity index (χ2n) is 5.57. The Morgan fingerprint density at radius 1 is 1.10 bits per heavy atom. The summed E-state index contributed by atoms with van der Waals surface area (Å²) >= 11 is 0. The van der Waals surface area contributed by atoms with E-state index in [1.54, 1.807) is 14.2 Å². The van der Waals surface area contributed by atoms with Crippen LogP contribution in [0.15, 0.2) is 18.2 Å². The molecule has 0 aliphatic rings. The van der Waals surface area contributed by atoms with Crippen LogP contribution in [0.2, 0.25) is 0 Å². The first-order valence-electron chi connectivity index (χ1n) is 7.57. The summed E-state index contributed by atoms with van der Waals surface area (Å²) in [5.41, 5.74) is 1.26. The molecule has 3 heteroatoms. The summed E-state index contributed by atoms with van der Waals surface area (Å²) in [6.07, 6.45) is 3.56. The topological polar surface area (TPSA) is 30.5 Å². The maximum atomic E-state index is 5.38. The van der Waals surface area contributed by atoms with E-state index in [9.17, 15) is 0 Å². The molecule has 1 atom stereocenters. The Balaban J connectivity index is 2.64. The summed E-state index contributed by atoms with van der Waals surface area (Å²) in [6.45, 7) is 7.80. The lowest BCUT2D eigenvalue weighted by atomic mass is 10.0. The highest BCUT2D eigenvalue weighted by atomic mass is 16.5. The lowest BCUT2D eigenvalue weighted by Crippen LogP contribution is -2.22. The van der Waals surface area contributed by atoms with Crippen molar-refractivity contribution in [2.75, 3.05) is 20.8 Å². The fraction of sp³-hybridized carbons (Fsp3) is 0.647. The number of benzene rings is 1. The number of ether oxygens (including phenoxy) is 2. The molecule has 0 radical (unpaired) electrons. The molecule has 20 heavy (non-hydrogen) atoms. The first-order chi connectivity index (χ1) is 9.62. The number of hydrogen-bond donors (Lipinski definition) is 1. The third-order valence-electron chi connectivity index (χ3n) is 3.57. The lowest BCUT2D eigenvalue weighted by Gasteiger charge is -2.19. The molecule has 1 rings (SSSR count). The van der Waals surface area contributed by atoms with E-state index < -0.39 is 0 Å². The molecule has 114 valence electrons. The molecule has 0 saturated heterocycles. The molecule has 0 heterocycles. The molecule has 1 N–H and O–H groups in total. The standard InChI is InChI=1S/C17H29NO2/c1-6-15(18-11-7-8-13(2)3)14-9-10-16(19-4)17(12-14)20-5/h9-10,12-13,15,18H,6-8,11H2,1-5H3. The third-order valence-corrected chi connectivity index (χ3v) is 3.57. The van der Waals surface area contributed by atoms with Gasteiger partial charge >= 0.3 is 0 Å². The average molecular weight is 279 g/mol. The Hall–Kier alpha value is -1.22. The summed E-state index contributed by atoms with van der Waals surface area (Å²) in [4.78, 5) is 0. The summed E-state index contributed by atoms with van der Waals surface area (Å²) in [7, 11) is 3.34. The zero-order valence-electron chi connectivity index (χ0n) is 13.5. The molecule has 0 fully saturated rings. The average Bonchev–Trinajstić information content (AvgIpc) is 2.46. The van der Waals surface area contributed by atoms with Crippen molar-refractivity contribution in [1.82, 2.24) is 5.32 Å². The molecule has 0 saturated carbocycles. The summed E-state index contributed by atoms with van der Waals surface area (Å²) in [5, 5.41) is 3.63. The highest BCUT2D eigenvalue weighted by Crippen LogP contribution is 2.30. The Bertz CT molecular complexity index is 391. The van der Waals surface area contributed by atoms with E-state index in [1.165, 1.54) is 18.4 Å². The SMILES string of the molecule is CCC(NCCCC(C)C)c1ccc(OC)c(OC)c1. The van der Waals surface area contributed by atoms with Gasteiger partial charge in [-0.1, -0.05) is 26.8 Å².